The van der Waals surface area contributed by atoms with Crippen LogP contribution in [0.4, 0.5) is 5.82 Å². The first-order valence-electron chi connectivity index (χ1n) is 10.3. The van der Waals surface area contributed by atoms with Gasteiger partial charge in [0.15, 0.2) is 11.5 Å². The lowest BCUT2D eigenvalue weighted by atomic mass is 10.2. The minimum atomic E-state index is 0.0263. The Kier molecular flexibility index (Phi) is 4.85. The van der Waals surface area contributed by atoms with Gasteiger partial charge >= 0.3 is 0 Å². The number of carbonyl (C=O) groups is 1. The van der Waals surface area contributed by atoms with Crippen molar-refractivity contribution in [3.05, 3.63) is 59.8 Å². The van der Waals surface area contributed by atoms with Gasteiger partial charge in [0.05, 0.1) is 5.56 Å². The molecule has 1 saturated heterocycles. The van der Waals surface area contributed by atoms with Crippen LogP contribution in [-0.2, 0) is 0 Å². The Labute approximate surface area is 179 Å². The molecule has 5 rings (SSSR count). The number of hydrogen-bond acceptors (Lipinski definition) is 7. The molecule has 4 aromatic heterocycles. The lowest BCUT2D eigenvalue weighted by Crippen LogP contribution is -2.35. The van der Waals surface area contributed by atoms with Crippen molar-refractivity contribution in [2.45, 2.75) is 20.3 Å². The molecule has 1 aliphatic rings. The van der Waals surface area contributed by atoms with Crippen molar-refractivity contribution >= 4 is 17.4 Å². The number of furan rings is 1. The zero-order valence-corrected chi connectivity index (χ0v) is 17.5. The second-order valence-electron chi connectivity index (χ2n) is 7.68. The Morgan fingerprint density at radius 2 is 1.84 bits per heavy atom. The zero-order valence-electron chi connectivity index (χ0n) is 17.5. The number of hydrogen-bond donors (Lipinski definition) is 0. The van der Waals surface area contributed by atoms with Gasteiger partial charge in [0.1, 0.15) is 17.3 Å². The van der Waals surface area contributed by atoms with Crippen LogP contribution in [0.25, 0.3) is 17.0 Å². The molecule has 0 bridgehead atoms. The average Bonchev–Trinajstić information content (AvgIpc) is 3.26. The van der Waals surface area contributed by atoms with Crippen LogP contribution in [0, 0.1) is 13.8 Å². The molecule has 0 atom stereocenters. The first-order valence-corrected chi connectivity index (χ1v) is 10.3. The van der Waals surface area contributed by atoms with E-state index in [0.29, 0.717) is 42.4 Å². The third-order valence-corrected chi connectivity index (χ3v) is 5.57. The number of fused-ring (bicyclic) bond motifs is 1. The first kappa shape index (κ1) is 19.2. The van der Waals surface area contributed by atoms with Crippen molar-refractivity contribution in [2.24, 2.45) is 0 Å². The van der Waals surface area contributed by atoms with E-state index in [0.717, 1.165) is 30.1 Å². The first-order chi connectivity index (χ1) is 15.1. The van der Waals surface area contributed by atoms with E-state index in [9.17, 15) is 4.79 Å². The molecule has 0 N–H and O–H groups in total. The number of amides is 1. The van der Waals surface area contributed by atoms with E-state index in [1.54, 1.807) is 16.9 Å². The smallest absolute Gasteiger partial charge is 0.257 e. The van der Waals surface area contributed by atoms with E-state index >= 15 is 0 Å². The van der Waals surface area contributed by atoms with Crippen LogP contribution in [-0.4, -0.2) is 61.8 Å². The highest BCUT2D eigenvalue weighted by Crippen LogP contribution is 2.21. The summed E-state index contributed by atoms with van der Waals surface area (Å²) in [5, 5.41) is 13.3. The van der Waals surface area contributed by atoms with Gasteiger partial charge in [-0.2, -0.15) is 4.52 Å². The summed E-state index contributed by atoms with van der Waals surface area (Å²) in [4.78, 5) is 21.1. The molecule has 0 aliphatic carbocycles. The number of aryl methyl sites for hydroxylation is 2. The summed E-state index contributed by atoms with van der Waals surface area (Å²) in [7, 11) is 0. The van der Waals surface area contributed by atoms with Crippen LogP contribution < -0.4 is 4.90 Å². The molecule has 1 fully saturated rings. The molecule has 0 aromatic carbocycles. The molecule has 0 radical (unpaired) electrons. The number of carbonyl (C=O) groups excluding carboxylic acids is 1. The molecular formula is C22H23N7O2. The van der Waals surface area contributed by atoms with Crippen molar-refractivity contribution in [3.63, 3.8) is 0 Å². The fourth-order valence-corrected chi connectivity index (χ4v) is 3.99. The molecule has 5 heterocycles. The molecule has 4 aromatic rings. The van der Waals surface area contributed by atoms with E-state index in [-0.39, 0.29) is 5.91 Å². The summed E-state index contributed by atoms with van der Waals surface area (Å²) in [5.41, 5.74) is 2.25. The zero-order chi connectivity index (χ0) is 21.4. The van der Waals surface area contributed by atoms with E-state index in [1.807, 2.05) is 49.1 Å². The Bertz CT molecular complexity index is 1230. The Morgan fingerprint density at radius 1 is 1.00 bits per heavy atom. The standard InChI is InChI=1S/C22H23N7O2/c1-15-14-18(16(2)31-15)22(30)28-11-3-10-27(12-13-28)20-5-4-19-24-25-21(29(19)26-20)17-6-8-23-9-7-17/h4-9,14H,3,10-13H2,1-2H3. The maximum atomic E-state index is 13.0. The molecule has 9 heteroatoms. The van der Waals surface area contributed by atoms with Crippen molar-refractivity contribution in [1.29, 1.82) is 0 Å². The van der Waals surface area contributed by atoms with Gasteiger partial charge in [0.25, 0.3) is 5.91 Å². The Morgan fingerprint density at radius 3 is 2.61 bits per heavy atom. The number of anilines is 1. The highest BCUT2D eigenvalue weighted by Gasteiger charge is 2.24. The van der Waals surface area contributed by atoms with Crippen LogP contribution in [0.1, 0.15) is 28.3 Å². The maximum absolute atomic E-state index is 13.0. The van der Waals surface area contributed by atoms with Crippen molar-refractivity contribution in [3.8, 4) is 11.4 Å². The van der Waals surface area contributed by atoms with E-state index in [2.05, 4.69) is 20.1 Å². The molecule has 0 spiro atoms. The molecule has 0 saturated carbocycles. The molecule has 9 nitrogen and oxygen atoms in total. The summed E-state index contributed by atoms with van der Waals surface area (Å²) in [6.45, 7) is 6.55. The van der Waals surface area contributed by atoms with Gasteiger partial charge in [-0.15, -0.1) is 15.3 Å². The van der Waals surface area contributed by atoms with E-state index in [1.165, 1.54) is 0 Å². The van der Waals surface area contributed by atoms with Crippen molar-refractivity contribution < 1.29 is 9.21 Å². The van der Waals surface area contributed by atoms with Crippen molar-refractivity contribution in [2.75, 3.05) is 31.1 Å². The minimum absolute atomic E-state index is 0.0263. The lowest BCUT2D eigenvalue weighted by Gasteiger charge is -2.22. The SMILES string of the molecule is Cc1cc(C(=O)N2CCCN(c3ccc4nnc(-c5ccncc5)n4n3)CC2)c(C)o1. The monoisotopic (exact) mass is 417 g/mol. The number of pyridine rings is 1. The van der Waals surface area contributed by atoms with Gasteiger partial charge in [-0.3, -0.25) is 9.78 Å². The molecule has 1 aliphatic heterocycles. The van der Waals surface area contributed by atoms with Crippen LogP contribution in [0.2, 0.25) is 0 Å². The highest BCUT2D eigenvalue weighted by molar-refractivity contribution is 5.95. The molecular weight excluding hydrogens is 394 g/mol. The van der Waals surface area contributed by atoms with Gasteiger partial charge in [0.2, 0.25) is 0 Å². The Hall–Kier alpha value is -3.75. The van der Waals surface area contributed by atoms with Gasteiger partial charge in [0, 0.05) is 44.1 Å². The Balaban J connectivity index is 1.37. The maximum Gasteiger partial charge on any atom is 0.257 e. The molecule has 31 heavy (non-hydrogen) atoms. The molecule has 158 valence electrons. The lowest BCUT2D eigenvalue weighted by molar-refractivity contribution is 0.0765. The fraction of sp³-hybridized carbons (Fsp3) is 0.318. The van der Waals surface area contributed by atoms with Gasteiger partial charge < -0.3 is 14.2 Å². The average molecular weight is 417 g/mol. The largest absolute Gasteiger partial charge is 0.466 e. The third-order valence-electron chi connectivity index (χ3n) is 5.57. The van der Waals surface area contributed by atoms with Crippen LogP contribution in [0.3, 0.4) is 0 Å². The van der Waals surface area contributed by atoms with Gasteiger partial charge in [-0.1, -0.05) is 0 Å². The van der Waals surface area contributed by atoms with Crippen LogP contribution in [0.15, 0.2) is 47.1 Å². The van der Waals surface area contributed by atoms with Gasteiger partial charge in [-0.05, 0) is 50.6 Å². The number of nitrogens with zero attached hydrogens (tertiary/aromatic N) is 7. The highest BCUT2D eigenvalue weighted by atomic mass is 16.3. The normalized spacial score (nSPS) is 14.8. The second-order valence-corrected chi connectivity index (χ2v) is 7.68. The van der Waals surface area contributed by atoms with Crippen LogP contribution in [0.5, 0.6) is 0 Å². The summed E-state index contributed by atoms with van der Waals surface area (Å²) >= 11 is 0. The van der Waals surface area contributed by atoms with E-state index in [4.69, 9.17) is 9.52 Å². The third kappa shape index (κ3) is 3.63. The predicted octanol–water partition coefficient (Wildman–Crippen LogP) is 2.75. The topological polar surface area (TPSA) is 92.7 Å². The van der Waals surface area contributed by atoms with Gasteiger partial charge in [-0.25, -0.2) is 0 Å². The van der Waals surface area contributed by atoms with Crippen molar-refractivity contribution in [1.82, 2.24) is 29.7 Å². The summed E-state index contributed by atoms with van der Waals surface area (Å²) in [6.07, 6.45) is 4.31. The predicted molar refractivity (Wildman–Crippen MR) is 115 cm³/mol. The van der Waals surface area contributed by atoms with Crippen LogP contribution >= 0.6 is 0 Å². The molecule has 1 amide bonds. The summed E-state index contributed by atoms with van der Waals surface area (Å²) in [5.74, 6) is 2.98. The number of aromatic nitrogens is 5. The quantitative estimate of drug-likeness (QED) is 0.506. The summed E-state index contributed by atoms with van der Waals surface area (Å²) < 4.78 is 7.30. The summed E-state index contributed by atoms with van der Waals surface area (Å²) in [6, 6.07) is 9.48. The fourth-order valence-electron chi connectivity index (χ4n) is 3.99. The number of rotatable bonds is 3. The minimum Gasteiger partial charge on any atom is -0.466 e. The molecule has 0 unspecified atom stereocenters. The van der Waals surface area contributed by atoms with E-state index < -0.39 is 0 Å². The second kappa shape index (κ2) is 7.82.